The molecule has 11 atom stereocenters. The van der Waals surface area contributed by atoms with E-state index in [-0.39, 0.29) is 88.2 Å². The second kappa shape index (κ2) is 51.3. The molecule has 39 heteroatoms. The first kappa shape index (κ1) is 104. The molecule has 1 aromatic heterocycles. The maximum Gasteiger partial charge on any atom is 0.305 e. The molecule has 1 saturated heterocycles. The standard InChI is InChI=1S/C94H121N19O19S/c1-9-10-32-75-92(131)110(5)53-80(118)102-71(49-82(120)121)87(126)104-67(31-22-41-98-94(96)97)90(129)112(7)76(46-58-25-16-12-17-26-58)88(127)107-72(45-61-35-39-64(115)40-36-61)89(128)109(4)52-79(117)101-70(48-62-50-99-66-30-21-20-29-65(62)66)86(125)106-69(43-60-33-37-63(114)38-34-60)85(124)105-68(42-56(2)3)84(123)108-74(83(122)100-51-78(95)116)54-133-55-81(119)103-73(44-57-23-14-11-15-24-57)91(130)113(8)77(93(132)111(75)6)47-59-27-18-13-19-28-59/h11-21,23-30,33-40,50,56,67-77,99,114-115H,9-10,22,31-32,41-49,51-55H2,1-8H3,(H2,95,116)(H,100,122)(H,101,117)(H,102,118)(H,103,119)(H,104,126)(H,105,124)(H,106,125)(H,107,127)(H,108,123)(H,120,121)(H4,96,97,98). The lowest BCUT2D eigenvalue weighted by molar-refractivity contribution is -0.151. The molecule has 0 saturated carbocycles. The number of hydrogen-bond acceptors (Lipinski definition) is 20. The highest BCUT2D eigenvalue weighted by Gasteiger charge is 2.42. The number of nitrogens with two attached hydrogens (primary N) is 2. The molecule has 712 valence electrons. The molecule has 19 N–H and O–H groups in total. The number of amides is 15. The number of guanidine groups is 1. The van der Waals surface area contributed by atoms with Gasteiger partial charge in [0.05, 0.1) is 31.8 Å². The zero-order valence-corrected chi connectivity index (χ0v) is 76.5. The quantitative estimate of drug-likeness (QED) is 0.0204. The second-order valence-corrected chi connectivity index (χ2v) is 34.4. The normalized spacial score (nSPS) is 21.5. The van der Waals surface area contributed by atoms with Gasteiger partial charge in [0.25, 0.3) is 0 Å². The van der Waals surface area contributed by atoms with Crippen molar-refractivity contribution < 1.29 is 92.0 Å². The van der Waals surface area contributed by atoms with Crippen LogP contribution in [-0.2, 0) is 115 Å². The summed E-state index contributed by atoms with van der Waals surface area (Å²) in [5.74, 6) is -17.5. The number of para-hydroxylation sites is 1. The van der Waals surface area contributed by atoms with Crippen molar-refractivity contribution in [1.82, 2.24) is 82.7 Å². The van der Waals surface area contributed by atoms with Crippen molar-refractivity contribution in [1.29, 1.82) is 5.41 Å². The number of aliphatic carboxylic acids is 1. The molecule has 2 heterocycles. The van der Waals surface area contributed by atoms with Gasteiger partial charge in [-0.15, -0.1) is 11.8 Å². The third-order valence-corrected chi connectivity index (χ3v) is 23.5. The van der Waals surface area contributed by atoms with Crippen LogP contribution in [0, 0.1) is 11.3 Å². The fourth-order valence-electron chi connectivity index (χ4n) is 15.3. The zero-order chi connectivity index (χ0) is 97.1. The Morgan fingerprint density at radius 1 is 0.459 bits per heavy atom. The maximum absolute atomic E-state index is 15.6. The number of rotatable bonds is 26. The largest absolute Gasteiger partial charge is 0.508 e. The lowest BCUT2D eigenvalue weighted by Gasteiger charge is -2.37. The molecule has 133 heavy (non-hydrogen) atoms. The Balaban J connectivity index is 1.23. The minimum atomic E-state index is -1.97. The number of nitrogens with zero attached hydrogens (tertiary/aromatic N) is 5. The van der Waals surface area contributed by atoms with Gasteiger partial charge in [-0.05, 0) is 95.3 Å². The molecule has 6 aromatic carbocycles. The van der Waals surface area contributed by atoms with E-state index >= 15 is 38.4 Å². The molecule has 15 amide bonds. The summed E-state index contributed by atoms with van der Waals surface area (Å²) in [7, 11) is 6.45. The molecule has 11 unspecified atom stereocenters. The molecule has 1 aliphatic rings. The van der Waals surface area contributed by atoms with Crippen LogP contribution >= 0.6 is 11.8 Å². The van der Waals surface area contributed by atoms with E-state index in [0.717, 1.165) is 36.3 Å². The Kier molecular flexibility index (Phi) is 40.1. The number of fused-ring (bicyclic) bond motifs is 1. The van der Waals surface area contributed by atoms with Crippen molar-refractivity contribution in [2.24, 2.45) is 17.4 Å². The Hall–Kier alpha value is -14.4. The smallest absolute Gasteiger partial charge is 0.305 e. The highest BCUT2D eigenvalue weighted by molar-refractivity contribution is 8.00. The number of aromatic amines is 1. The van der Waals surface area contributed by atoms with Gasteiger partial charge in [-0.2, -0.15) is 0 Å². The molecule has 7 aromatic rings. The number of phenolic OH excluding ortho intramolecular Hbond substituents is 2. The Morgan fingerprint density at radius 3 is 1.45 bits per heavy atom. The molecule has 0 spiro atoms. The molecule has 1 aliphatic heterocycles. The summed E-state index contributed by atoms with van der Waals surface area (Å²) in [6.45, 7) is 2.91. The predicted molar refractivity (Wildman–Crippen MR) is 496 cm³/mol. The average molecular weight is 1850 g/mol. The number of carbonyl (C=O) groups excluding carboxylic acids is 15. The SMILES string of the molecule is CCCCC1C(=O)N(C)CC(=O)NC(CC(=O)O)C(=O)NC(CCCNC(=N)N)C(=O)N(C)C(Cc2ccccc2)C(=O)NC(Cc2ccc(O)cc2)C(=O)N(C)CC(=O)NC(Cc2c[nH]c3ccccc23)C(=O)NC(Cc2ccc(O)cc2)C(=O)NC(CC(C)C)C(=O)NC(C(=O)NCC(N)=O)CSCC(=O)NC(Cc2ccccc2)C(=O)N(C)C(Cc2ccccc2)C(=O)N1C. The minimum absolute atomic E-state index is 0.00881. The highest BCUT2D eigenvalue weighted by Crippen LogP contribution is 2.25. The first-order chi connectivity index (χ1) is 63.4. The lowest BCUT2D eigenvalue weighted by atomic mass is 9.99. The number of carbonyl (C=O) groups is 16. The summed E-state index contributed by atoms with van der Waals surface area (Å²) in [5.41, 5.74) is 14.6. The van der Waals surface area contributed by atoms with Crippen molar-refractivity contribution in [2.45, 2.75) is 171 Å². The average Bonchev–Trinajstić information content (AvgIpc) is 1.72. The topological polar surface area (TPSA) is 562 Å². The van der Waals surface area contributed by atoms with Gasteiger partial charge in [-0.25, -0.2) is 0 Å². The van der Waals surface area contributed by atoms with Gasteiger partial charge in [0.1, 0.15) is 78.0 Å². The number of phenols is 2. The number of benzene rings is 6. The minimum Gasteiger partial charge on any atom is -0.508 e. The third-order valence-electron chi connectivity index (χ3n) is 22.4. The fourth-order valence-corrected chi connectivity index (χ4v) is 16.1. The summed E-state index contributed by atoms with van der Waals surface area (Å²) >= 11 is 0.822. The summed E-state index contributed by atoms with van der Waals surface area (Å²) in [5, 5.41) is 66.1. The van der Waals surface area contributed by atoms with E-state index in [4.69, 9.17) is 16.9 Å². The highest BCUT2D eigenvalue weighted by atomic mass is 32.2. The molecule has 0 radical (unpaired) electrons. The first-order valence-corrected chi connectivity index (χ1v) is 44.9. The van der Waals surface area contributed by atoms with Crippen molar-refractivity contribution in [3.05, 3.63) is 203 Å². The van der Waals surface area contributed by atoms with Crippen LogP contribution in [0.2, 0.25) is 0 Å². The second-order valence-electron chi connectivity index (χ2n) is 33.4. The van der Waals surface area contributed by atoms with Gasteiger partial charge in [0, 0.05) is 103 Å². The third kappa shape index (κ3) is 32.6. The van der Waals surface area contributed by atoms with Crippen LogP contribution in [0.25, 0.3) is 10.9 Å². The van der Waals surface area contributed by atoms with Gasteiger partial charge in [0.15, 0.2) is 5.96 Å². The number of unbranched alkanes of at least 4 members (excludes halogenated alkanes) is 1. The van der Waals surface area contributed by atoms with E-state index in [1.807, 2.05) is 6.92 Å². The number of nitrogens with one attached hydrogen (secondary N) is 12. The van der Waals surface area contributed by atoms with Crippen molar-refractivity contribution >= 4 is 123 Å². The molecule has 38 nitrogen and oxygen atoms in total. The van der Waals surface area contributed by atoms with Gasteiger partial charge in [-0.3, -0.25) is 82.1 Å². The van der Waals surface area contributed by atoms with Crippen molar-refractivity contribution in [2.75, 3.05) is 72.9 Å². The van der Waals surface area contributed by atoms with Crippen molar-refractivity contribution in [3.63, 3.8) is 0 Å². The summed E-state index contributed by atoms with van der Waals surface area (Å²) in [6, 6.07) is 26.6. The fraction of sp³-hybridized carbons (Fsp3) is 0.415. The van der Waals surface area contributed by atoms with Crippen LogP contribution in [0.1, 0.15) is 99.1 Å². The Bertz CT molecular complexity index is 5210. The lowest BCUT2D eigenvalue weighted by Crippen LogP contribution is -2.60. The van der Waals surface area contributed by atoms with Gasteiger partial charge >= 0.3 is 5.97 Å². The van der Waals surface area contributed by atoms with Gasteiger partial charge in [0.2, 0.25) is 88.6 Å². The number of H-pyrrole nitrogens is 1. The van der Waals surface area contributed by atoms with E-state index < -0.39 is 205 Å². The Labute approximate surface area is 775 Å². The van der Waals surface area contributed by atoms with E-state index in [0.29, 0.717) is 57.1 Å². The van der Waals surface area contributed by atoms with E-state index in [1.165, 1.54) is 83.8 Å². The number of hydrogen-bond donors (Lipinski definition) is 17. The number of aromatic nitrogens is 1. The molecular formula is C94H121N19O19S. The number of carboxylic acid groups (broad SMARTS) is 1. The van der Waals surface area contributed by atoms with E-state index in [1.54, 1.807) is 135 Å². The summed E-state index contributed by atoms with van der Waals surface area (Å²) in [4.78, 5) is 244. The van der Waals surface area contributed by atoms with Crippen LogP contribution in [0.5, 0.6) is 11.5 Å². The number of aromatic hydroxyl groups is 2. The van der Waals surface area contributed by atoms with Gasteiger partial charge in [-0.1, -0.05) is 167 Å². The molecule has 0 bridgehead atoms. The van der Waals surface area contributed by atoms with Crippen LogP contribution in [0.4, 0.5) is 0 Å². The maximum atomic E-state index is 15.6. The van der Waals surface area contributed by atoms with Crippen LogP contribution in [-0.4, -0.2) is 285 Å². The van der Waals surface area contributed by atoms with Crippen LogP contribution < -0.4 is 64.6 Å². The van der Waals surface area contributed by atoms with Gasteiger partial charge < -0.3 is 109 Å². The Morgan fingerprint density at radius 2 is 0.902 bits per heavy atom. The molecular weight excluding hydrogens is 1730 g/mol. The van der Waals surface area contributed by atoms with E-state index in [2.05, 4.69) is 58.2 Å². The summed E-state index contributed by atoms with van der Waals surface area (Å²) in [6.07, 6.45) is -0.466. The van der Waals surface area contributed by atoms with Crippen LogP contribution in [0.3, 0.4) is 0 Å². The zero-order valence-electron chi connectivity index (χ0n) is 75.7. The molecule has 8 rings (SSSR count). The number of carboxylic acids is 1. The number of thioether (sulfide) groups is 1. The number of likely N-dealkylation sites (N-methyl/N-ethyl adjacent to an activating group) is 5. The first-order valence-electron chi connectivity index (χ1n) is 43.7. The van der Waals surface area contributed by atoms with E-state index in [9.17, 15) is 53.7 Å². The molecule has 1 fully saturated rings. The summed E-state index contributed by atoms with van der Waals surface area (Å²) < 4.78 is 0. The monoisotopic (exact) mass is 1850 g/mol. The van der Waals surface area contributed by atoms with Crippen LogP contribution in [0.15, 0.2) is 170 Å². The predicted octanol–water partition coefficient (Wildman–Crippen LogP) is 0.934. The molecule has 0 aliphatic carbocycles. The van der Waals surface area contributed by atoms with Crippen molar-refractivity contribution in [3.8, 4) is 11.5 Å². The number of primary amides is 1.